The second-order valence-electron chi connectivity index (χ2n) is 8.37. The second kappa shape index (κ2) is 5.95. The fraction of sp³-hybridized carbons (Fsp3) is 0.280. The molecule has 0 bridgehead atoms. The molecule has 3 atom stereocenters. The summed E-state index contributed by atoms with van der Waals surface area (Å²) in [5.74, 6) is 1.52. The number of hydrogen-bond donors (Lipinski definition) is 0. The molecule has 5 rings (SSSR count). The van der Waals surface area contributed by atoms with Gasteiger partial charge in [-0.05, 0) is 71.8 Å². The molecule has 4 aliphatic rings. The molecule has 0 N–H and O–H groups in total. The minimum Gasteiger partial charge on any atom is -0.0761 e. The van der Waals surface area contributed by atoms with E-state index in [1.54, 1.807) is 0 Å². The summed E-state index contributed by atoms with van der Waals surface area (Å²) in [4.78, 5) is 0. The Kier molecular flexibility index (Phi) is 3.79. The molecule has 0 nitrogen and oxygen atoms in total. The van der Waals surface area contributed by atoms with E-state index in [-0.39, 0.29) is 5.41 Å². The molecule has 0 fully saturated rings. The van der Waals surface area contributed by atoms with Gasteiger partial charge in [0.15, 0.2) is 0 Å². The number of rotatable bonds is 1. The van der Waals surface area contributed by atoms with Crippen molar-refractivity contribution in [1.29, 1.82) is 0 Å². The van der Waals surface area contributed by atoms with Crippen molar-refractivity contribution in [2.45, 2.75) is 31.6 Å². The molecule has 26 heavy (non-hydrogen) atoms. The molecule has 1 heteroatoms. The summed E-state index contributed by atoms with van der Waals surface area (Å²) in [6.45, 7) is 4.86. The Morgan fingerprint density at radius 3 is 2.69 bits per heavy atom. The topological polar surface area (TPSA) is 0 Å². The van der Waals surface area contributed by atoms with Gasteiger partial charge in [-0.15, -0.1) is 0 Å². The van der Waals surface area contributed by atoms with Crippen molar-refractivity contribution in [2.24, 2.45) is 11.8 Å². The Morgan fingerprint density at radius 1 is 0.962 bits per heavy atom. The fourth-order valence-electron chi connectivity index (χ4n) is 5.12. The summed E-state index contributed by atoms with van der Waals surface area (Å²) in [5.41, 5.74) is 7.61. The number of hydrogen-bond acceptors (Lipinski definition) is 0. The van der Waals surface area contributed by atoms with E-state index in [0.29, 0.717) is 17.8 Å². The van der Waals surface area contributed by atoms with E-state index < -0.39 is 0 Å². The maximum atomic E-state index is 2.51. The Morgan fingerprint density at radius 2 is 1.81 bits per heavy atom. The summed E-state index contributed by atoms with van der Waals surface area (Å²) in [6, 6.07) is 7.26. The van der Waals surface area contributed by atoms with Crippen molar-refractivity contribution in [3.05, 3.63) is 98.7 Å². The minimum atomic E-state index is 0.196. The maximum absolute atomic E-state index is 2.51. The Balaban J connectivity index is 1.59. The summed E-state index contributed by atoms with van der Waals surface area (Å²) in [7, 11) is 0. The predicted molar refractivity (Wildman–Crippen MR) is 119 cm³/mol. The zero-order valence-corrected chi connectivity index (χ0v) is 17.4. The first kappa shape index (κ1) is 16.6. The second-order valence-corrected chi connectivity index (χ2v) is 9.75. The highest BCUT2D eigenvalue weighted by Gasteiger charge is 2.44. The molecular formula is C25H23I. The van der Waals surface area contributed by atoms with Crippen molar-refractivity contribution < 1.29 is 0 Å². The van der Waals surface area contributed by atoms with E-state index in [9.17, 15) is 0 Å². The van der Waals surface area contributed by atoms with Crippen molar-refractivity contribution in [1.82, 2.24) is 0 Å². The summed E-state index contributed by atoms with van der Waals surface area (Å²) in [6.07, 6.45) is 21.6. The van der Waals surface area contributed by atoms with Gasteiger partial charge in [0.2, 0.25) is 0 Å². The Bertz CT molecular complexity index is 962. The van der Waals surface area contributed by atoms with Crippen LogP contribution in [0, 0.1) is 11.8 Å². The third-order valence-electron chi connectivity index (χ3n) is 6.62. The standard InChI is InChI=1S/C25H23I/c1-25(2)23-14-17(20-9-5-7-16-6-3-4-8-19(16)20)10-12-21(23)22-13-11-18(26)15-24(22)25/h3-14,19-20,24H,15H2,1-2H3. The molecular weight excluding hydrogens is 427 g/mol. The lowest BCUT2D eigenvalue weighted by Gasteiger charge is -2.31. The number of allylic oxidation sites excluding steroid dienone is 12. The molecule has 1 aromatic carbocycles. The molecule has 130 valence electrons. The molecule has 0 radical (unpaired) electrons. The number of benzene rings is 1. The Labute approximate surface area is 169 Å². The zero-order chi connectivity index (χ0) is 17.9. The molecule has 0 aromatic heterocycles. The number of fused-ring (bicyclic) bond motifs is 4. The van der Waals surface area contributed by atoms with Crippen LogP contribution in [0.5, 0.6) is 0 Å². The average molecular weight is 450 g/mol. The van der Waals surface area contributed by atoms with Gasteiger partial charge in [0.1, 0.15) is 0 Å². The van der Waals surface area contributed by atoms with Crippen LogP contribution >= 0.6 is 22.6 Å². The lowest BCUT2D eigenvalue weighted by molar-refractivity contribution is 0.413. The van der Waals surface area contributed by atoms with Crippen molar-refractivity contribution in [3.8, 4) is 0 Å². The van der Waals surface area contributed by atoms with Gasteiger partial charge in [0, 0.05) is 11.8 Å². The summed E-state index contributed by atoms with van der Waals surface area (Å²) >= 11 is 2.50. The van der Waals surface area contributed by atoms with Crippen LogP contribution < -0.4 is 0 Å². The largest absolute Gasteiger partial charge is 0.0761 e. The summed E-state index contributed by atoms with van der Waals surface area (Å²) < 4.78 is 1.47. The van der Waals surface area contributed by atoms with Crippen LogP contribution in [-0.2, 0) is 5.41 Å². The third-order valence-corrected chi connectivity index (χ3v) is 7.42. The zero-order valence-electron chi connectivity index (χ0n) is 15.2. The maximum Gasteiger partial charge on any atom is 0.0125 e. The molecule has 0 aliphatic heterocycles. The predicted octanol–water partition coefficient (Wildman–Crippen LogP) is 7.02. The molecule has 0 spiro atoms. The smallest absolute Gasteiger partial charge is 0.0125 e. The van der Waals surface area contributed by atoms with E-state index in [4.69, 9.17) is 0 Å². The summed E-state index contributed by atoms with van der Waals surface area (Å²) in [5, 5.41) is 0. The van der Waals surface area contributed by atoms with Crippen molar-refractivity contribution in [3.63, 3.8) is 0 Å². The Hall–Kier alpha value is -1.61. The highest BCUT2D eigenvalue weighted by atomic mass is 127. The third kappa shape index (κ3) is 2.40. The van der Waals surface area contributed by atoms with Crippen LogP contribution in [0.2, 0.25) is 0 Å². The fourth-order valence-corrected chi connectivity index (χ4v) is 5.74. The van der Waals surface area contributed by atoms with Gasteiger partial charge in [-0.25, -0.2) is 0 Å². The van der Waals surface area contributed by atoms with Crippen molar-refractivity contribution in [2.75, 3.05) is 0 Å². The number of halogens is 1. The molecule has 0 saturated carbocycles. The lowest BCUT2D eigenvalue weighted by atomic mass is 9.73. The SMILES string of the molecule is CC1(C)c2cc(C3C=CC=C4C=CC=CC43)ccc2C2=CC=C(I)CC21. The van der Waals surface area contributed by atoms with Crippen LogP contribution in [0.1, 0.15) is 42.9 Å². The average Bonchev–Trinajstić information content (AvgIpc) is 2.88. The highest BCUT2D eigenvalue weighted by Crippen LogP contribution is 2.55. The van der Waals surface area contributed by atoms with E-state index in [1.165, 1.54) is 37.8 Å². The van der Waals surface area contributed by atoms with Gasteiger partial charge in [-0.2, -0.15) is 0 Å². The first-order chi connectivity index (χ1) is 12.6. The highest BCUT2D eigenvalue weighted by molar-refractivity contribution is 14.1. The van der Waals surface area contributed by atoms with Crippen LogP contribution in [0.3, 0.4) is 0 Å². The quantitative estimate of drug-likeness (QED) is 0.404. The van der Waals surface area contributed by atoms with Gasteiger partial charge in [-0.1, -0.05) is 86.7 Å². The van der Waals surface area contributed by atoms with Gasteiger partial charge in [-0.3, -0.25) is 0 Å². The van der Waals surface area contributed by atoms with E-state index in [0.717, 1.165) is 0 Å². The van der Waals surface area contributed by atoms with Crippen LogP contribution in [0.15, 0.2) is 82.0 Å². The van der Waals surface area contributed by atoms with Gasteiger partial charge in [0.05, 0.1) is 0 Å². The first-order valence-corrected chi connectivity index (χ1v) is 10.6. The van der Waals surface area contributed by atoms with Crippen LogP contribution in [-0.4, -0.2) is 0 Å². The van der Waals surface area contributed by atoms with E-state index in [2.05, 4.69) is 109 Å². The molecule has 0 saturated heterocycles. The molecule has 0 amide bonds. The monoisotopic (exact) mass is 450 g/mol. The van der Waals surface area contributed by atoms with Crippen LogP contribution in [0.25, 0.3) is 5.57 Å². The minimum absolute atomic E-state index is 0.196. The van der Waals surface area contributed by atoms with E-state index >= 15 is 0 Å². The lowest BCUT2D eigenvalue weighted by Crippen LogP contribution is -2.25. The van der Waals surface area contributed by atoms with Gasteiger partial charge >= 0.3 is 0 Å². The first-order valence-electron chi connectivity index (χ1n) is 9.50. The normalized spacial score (nSPS) is 30.1. The van der Waals surface area contributed by atoms with Gasteiger partial charge < -0.3 is 0 Å². The van der Waals surface area contributed by atoms with E-state index in [1.807, 2.05) is 0 Å². The molecule has 4 aliphatic carbocycles. The molecule has 0 heterocycles. The van der Waals surface area contributed by atoms with Crippen LogP contribution in [0.4, 0.5) is 0 Å². The van der Waals surface area contributed by atoms with Gasteiger partial charge in [0.25, 0.3) is 0 Å². The molecule has 3 unspecified atom stereocenters. The molecule has 1 aromatic rings. The van der Waals surface area contributed by atoms with Crippen molar-refractivity contribution >= 4 is 28.2 Å².